The van der Waals surface area contributed by atoms with Crippen LogP contribution in [0, 0.1) is 0 Å². The summed E-state index contributed by atoms with van der Waals surface area (Å²) in [6.07, 6.45) is 0. The Kier molecular flexibility index (Phi) is 7.25. The third-order valence-corrected chi connectivity index (χ3v) is 6.33. The van der Waals surface area contributed by atoms with Crippen molar-refractivity contribution in [3.8, 4) is 0 Å². The molecule has 0 atom stereocenters. The second-order valence-electron chi connectivity index (χ2n) is 2.44. The van der Waals surface area contributed by atoms with Crippen molar-refractivity contribution in [2.45, 2.75) is 0 Å². The minimum absolute atomic E-state index is 0. The number of hydrogen-bond donors (Lipinski definition) is 9. The van der Waals surface area contributed by atoms with Gasteiger partial charge >= 0.3 is 35.0 Å². The molecule has 107 valence electrons. The Labute approximate surface area is 104 Å². The summed E-state index contributed by atoms with van der Waals surface area (Å²) in [5.74, 6) is 0. The molecule has 0 fully saturated rings. The van der Waals surface area contributed by atoms with Gasteiger partial charge in [-0.2, -0.15) is 0 Å². The maximum Gasteiger partial charge on any atom is 0.680 e. The Morgan fingerprint density at radius 3 is 0.889 bits per heavy atom. The molecule has 18 heteroatoms. The molecule has 0 spiro atoms. The number of phosphoric acid groups is 1. The summed E-state index contributed by atoms with van der Waals surface area (Å²) in [6, 6.07) is 0. The van der Waals surface area contributed by atoms with Gasteiger partial charge in [0.2, 0.25) is 0 Å². The minimum Gasteiger partial charge on any atom is -0.367 e. The van der Waals surface area contributed by atoms with Crippen LogP contribution in [0.4, 0.5) is 0 Å². The molecular formula is H9BO13PSi3. The van der Waals surface area contributed by atoms with E-state index < -0.39 is 35.0 Å². The van der Waals surface area contributed by atoms with Gasteiger partial charge in [0, 0.05) is 8.41 Å². The molecule has 9 N–H and O–H groups in total. The van der Waals surface area contributed by atoms with Crippen molar-refractivity contribution in [3.05, 3.63) is 0 Å². The lowest BCUT2D eigenvalue weighted by molar-refractivity contribution is 0.0555. The monoisotopic (exact) mass is 343 g/mol. The van der Waals surface area contributed by atoms with Gasteiger partial charge < -0.3 is 43.2 Å². The Balaban J connectivity index is 0. The van der Waals surface area contributed by atoms with Crippen molar-refractivity contribution >= 4 is 43.4 Å². The third-order valence-electron chi connectivity index (χ3n) is 0.703. The van der Waals surface area contributed by atoms with E-state index in [0.29, 0.717) is 0 Å². The molecule has 0 unspecified atom stereocenters. The van der Waals surface area contributed by atoms with Gasteiger partial charge in [-0.25, -0.2) is 4.57 Å². The van der Waals surface area contributed by atoms with Gasteiger partial charge in [0.1, 0.15) is 0 Å². The molecule has 0 amide bonds. The molecule has 0 saturated heterocycles. The smallest absolute Gasteiger partial charge is 0.367 e. The van der Waals surface area contributed by atoms with E-state index >= 15 is 0 Å². The van der Waals surface area contributed by atoms with E-state index in [1.54, 1.807) is 0 Å². The third kappa shape index (κ3) is 11.6. The van der Waals surface area contributed by atoms with Crippen molar-refractivity contribution < 1.29 is 60.4 Å². The highest BCUT2D eigenvalue weighted by Gasteiger charge is 2.55. The quantitative estimate of drug-likeness (QED) is 0.162. The molecule has 13 nitrogen and oxygen atoms in total. The van der Waals surface area contributed by atoms with Gasteiger partial charge in [-0.15, -0.1) is 0 Å². The molecule has 3 radical (unpaired) electrons. The van der Waals surface area contributed by atoms with Crippen LogP contribution in [0.3, 0.4) is 0 Å². The summed E-state index contributed by atoms with van der Waals surface area (Å²) in [6.45, 7) is 0. The molecule has 18 heavy (non-hydrogen) atoms. The highest BCUT2D eigenvalue weighted by Crippen LogP contribution is 2.53. The summed E-state index contributed by atoms with van der Waals surface area (Å²) in [7, 11) is -22.5. The van der Waals surface area contributed by atoms with Crippen LogP contribution in [0.1, 0.15) is 0 Å². The minimum atomic E-state index is -5.65. The Morgan fingerprint density at radius 1 is 0.611 bits per heavy atom. The first kappa shape index (κ1) is 20.8. The first-order valence-corrected chi connectivity index (χ1v) is 10.1. The topological polar surface area (TPSA) is 227 Å². The lowest BCUT2D eigenvalue weighted by Gasteiger charge is -2.24. The lowest BCUT2D eigenvalue weighted by Crippen LogP contribution is -2.46. The fourth-order valence-electron chi connectivity index (χ4n) is 0.506. The fourth-order valence-corrected chi connectivity index (χ4v) is 5.56. The van der Waals surface area contributed by atoms with Crippen LogP contribution in [0.15, 0.2) is 0 Å². The van der Waals surface area contributed by atoms with E-state index in [4.69, 9.17) is 43.2 Å². The van der Waals surface area contributed by atoms with Crippen molar-refractivity contribution in [2.24, 2.45) is 0 Å². The van der Waals surface area contributed by atoms with Gasteiger partial charge in [-0.1, -0.05) is 0 Å². The average molecular weight is 343 g/mol. The first-order chi connectivity index (χ1) is 7.12. The normalized spacial score (nSPS) is 14.3. The molecular weight excluding hydrogens is 334 g/mol. The highest BCUT2D eigenvalue weighted by atomic mass is 31.2. The summed E-state index contributed by atoms with van der Waals surface area (Å²) in [4.78, 5) is 75.5. The molecule has 0 aliphatic carbocycles. The molecule has 0 aliphatic heterocycles. The lowest BCUT2D eigenvalue weighted by atomic mass is 10.8. The van der Waals surface area contributed by atoms with Crippen molar-refractivity contribution in [1.82, 2.24) is 0 Å². The first-order valence-electron chi connectivity index (χ1n) is 3.36. The summed E-state index contributed by atoms with van der Waals surface area (Å²) in [5.41, 5.74) is 0. The molecule has 0 heterocycles. The maximum absolute atomic E-state index is 11.3. The van der Waals surface area contributed by atoms with Gasteiger partial charge in [0.15, 0.2) is 0 Å². The predicted octanol–water partition coefficient (Wildman–Crippen LogP) is -6.00. The highest BCUT2D eigenvalue weighted by molar-refractivity contribution is 7.52. The predicted molar refractivity (Wildman–Crippen MR) is 53.8 cm³/mol. The fraction of sp³-hybridized carbons (Fsp3) is 0. The van der Waals surface area contributed by atoms with E-state index in [1.807, 2.05) is 0 Å². The molecule has 0 bridgehead atoms. The van der Waals surface area contributed by atoms with E-state index in [9.17, 15) is 4.57 Å². The SMILES string of the molecule is O=P(O[Si](O)(O)O)(O[Si](O)(O)O)O[Si](O)(O)O.[B]. The number of rotatable bonds is 6. The van der Waals surface area contributed by atoms with E-state index in [2.05, 4.69) is 12.6 Å². The largest absolute Gasteiger partial charge is 0.680 e. The number of hydrogen-bond acceptors (Lipinski definition) is 13. The van der Waals surface area contributed by atoms with Crippen molar-refractivity contribution in [2.75, 3.05) is 0 Å². The Bertz CT molecular complexity index is 247. The van der Waals surface area contributed by atoms with E-state index in [1.165, 1.54) is 0 Å². The van der Waals surface area contributed by atoms with Crippen LogP contribution in [-0.2, 0) is 17.2 Å². The van der Waals surface area contributed by atoms with Crippen molar-refractivity contribution in [1.29, 1.82) is 0 Å². The van der Waals surface area contributed by atoms with Gasteiger partial charge in [-0.05, 0) is 0 Å². The van der Waals surface area contributed by atoms with Gasteiger partial charge in [0.05, 0.1) is 0 Å². The van der Waals surface area contributed by atoms with Crippen molar-refractivity contribution in [3.63, 3.8) is 0 Å². The average Bonchev–Trinajstić information content (AvgIpc) is 1.65. The zero-order chi connectivity index (χ0) is 14.1. The van der Waals surface area contributed by atoms with Crippen LogP contribution in [0.5, 0.6) is 0 Å². The van der Waals surface area contributed by atoms with Crippen LogP contribution in [0.25, 0.3) is 0 Å². The Hall–Kier alpha value is 0.466. The van der Waals surface area contributed by atoms with Crippen LogP contribution >= 0.6 is 7.82 Å². The molecule has 0 aliphatic rings. The van der Waals surface area contributed by atoms with Gasteiger partial charge in [-0.3, -0.25) is 12.6 Å². The van der Waals surface area contributed by atoms with E-state index in [0.717, 1.165) is 0 Å². The van der Waals surface area contributed by atoms with Crippen LogP contribution < -0.4 is 0 Å². The zero-order valence-electron chi connectivity index (χ0n) is 8.18. The van der Waals surface area contributed by atoms with Crippen LogP contribution in [-0.4, -0.2) is 78.7 Å². The van der Waals surface area contributed by atoms with Gasteiger partial charge in [0.25, 0.3) is 0 Å². The molecule has 0 aromatic rings. The van der Waals surface area contributed by atoms with Crippen LogP contribution in [0.2, 0.25) is 0 Å². The molecule has 0 aromatic heterocycles. The molecule has 0 rings (SSSR count). The zero-order valence-corrected chi connectivity index (χ0v) is 12.1. The second kappa shape index (κ2) is 6.28. The second-order valence-corrected chi connectivity index (χ2v) is 8.97. The Morgan fingerprint density at radius 2 is 0.778 bits per heavy atom. The summed E-state index contributed by atoms with van der Waals surface area (Å²) < 4.78 is 21.5. The summed E-state index contributed by atoms with van der Waals surface area (Å²) >= 11 is 0. The summed E-state index contributed by atoms with van der Waals surface area (Å²) in [5, 5.41) is 0. The molecule has 0 aromatic carbocycles. The maximum atomic E-state index is 11.3. The van der Waals surface area contributed by atoms with E-state index in [-0.39, 0.29) is 8.41 Å². The molecule has 0 saturated carbocycles. The standard InChI is InChI=1S/B.H9O13PSi3/c;1-14(11-15(2,3)4,12-16(5,6)7)13-17(8,9)10/h;2-10H.